The van der Waals surface area contributed by atoms with Crippen LogP contribution in [-0.2, 0) is 6.42 Å². The molecule has 128 valence electrons. The summed E-state index contributed by atoms with van der Waals surface area (Å²) >= 11 is 0. The van der Waals surface area contributed by atoms with Crippen LogP contribution in [0.2, 0.25) is 0 Å². The van der Waals surface area contributed by atoms with Crippen LogP contribution in [-0.4, -0.2) is 4.98 Å². The first-order valence-corrected chi connectivity index (χ1v) is 9.61. The van der Waals surface area contributed by atoms with Gasteiger partial charge in [0.15, 0.2) is 0 Å². The lowest BCUT2D eigenvalue weighted by atomic mass is 9.87. The van der Waals surface area contributed by atoms with Crippen LogP contribution in [0.4, 0.5) is 0 Å². The number of H-pyrrole nitrogens is 1. The summed E-state index contributed by atoms with van der Waals surface area (Å²) in [6, 6.07) is 2.21. The third-order valence-corrected chi connectivity index (χ3v) is 5.58. The molecule has 0 spiro atoms. The van der Waals surface area contributed by atoms with Crippen molar-refractivity contribution in [3.8, 4) is 0 Å². The van der Waals surface area contributed by atoms with Crippen LogP contribution in [0.25, 0.3) is 6.08 Å². The van der Waals surface area contributed by atoms with Crippen molar-refractivity contribution in [2.75, 3.05) is 0 Å². The van der Waals surface area contributed by atoms with Crippen molar-refractivity contribution in [3.05, 3.63) is 41.2 Å². The van der Waals surface area contributed by atoms with Gasteiger partial charge in [-0.25, -0.2) is 0 Å². The molecule has 1 heterocycles. The summed E-state index contributed by atoms with van der Waals surface area (Å²) in [5.41, 5.74) is 5.57. The Balaban J connectivity index is 2.08. The van der Waals surface area contributed by atoms with Gasteiger partial charge in [0.2, 0.25) is 0 Å². The Hall–Kier alpha value is -1.24. The van der Waals surface area contributed by atoms with Crippen LogP contribution in [0, 0.1) is 11.8 Å². The Bertz CT molecular complexity index is 520. The molecule has 2 unspecified atom stereocenters. The van der Waals surface area contributed by atoms with Gasteiger partial charge < -0.3 is 4.98 Å². The van der Waals surface area contributed by atoms with Crippen molar-refractivity contribution in [2.24, 2.45) is 11.8 Å². The van der Waals surface area contributed by atoms with Gasteiger partial charge in [0.1, 0.15) is 0 Å². The molecule has 0 saturated heterocycles. The van der Waals surface area contributed by atoms with Gasteiger partial charge in [-0.1, -0.05) is 63.7 Å². The predicted octanol–water partition coefficient (Wildman–Crippen LogP) is 6.92. The molecule has 1 aliphatic carbocycles. The summed E-state index contributed by atoms with van der Waals surface area (Å²) in [6.07, 6.45) is 16.3. The zero-order valence-corrected chi connectivity index (χ0v) is 15.5. The molecule has 0 bridgehead atoms. The predicted molar refractivity (Wildman–Crippen MR) is 103 cm³/mol. The Kier molecular flexibility index (Phi) is 7.20. The van der Waals surface area contributed by atoms with E-state index in [1.165, 1.54) is 61.8 Å². The van der Waals surface area contributed by atoms with Gasteiger partial charge in [0.05, 0.1) is 0 Å². The number of aromatic amines is 1. The maximum Gasteiger partial charge on any atom is 0.0415 e. The number of allylic oxidation sites excluding steroid dienone is 2. The molecular formula is C22H35N. The lowest BCUT2D eigenvalue weighted by molar-refractivity contribution is 0.429. The zero-order chi connectivity index (χ0) is 16.7. The molecule has 0 aromatic carbocycles. The molecule has 0 aliphatic heterocycles. The smallest absolute Gasteiger partial charge is 0.0415 e. The average Bonchev–Trinajstić information content (AvgIpc) is 2.99. The Morgan fingerprint density at radius 1 is 1.22 bits per heavy atom. The molecule has 1 nitrogen and oxygen atoms in total. The summed E-state index contributed by atoms with van der Waals surface area (Å²) in [5, 5.41) is 0. The van der Waals surface area contributed by atoms with Gasteiger partial charge >= 0.3 is 0 Å². The standard InChI is InChI=1S/C22H35N/c1-5-17(2)15-21-13-14-23-22(21)16-19(4)20-10-8-6-7-9-18(3)11-12-20/h13-14,16,18,20,23H,2,5-12,15H2,1,3-4H3. The van der Waals surface area contributed by atoms with E-state index in [0.29, 0.717) is 0 Å². The Morgan fingerprint density at radius 2 is 2.00 bits per heavy atom. The average molecular weight is 314 g/mol. The third-order valence-electron chi connectivity index (χ3n) is 5.58. The third kappa shape index (κ3) is 5.71. The second-order valence-corrected chi connectivity index (χ2v) is 7.60. The number of rotatable bonds is 5. The SMILES string of the molecule is C=C(CC)Cc1cc[nH]c1C=C(C)C1CCCCCC(C)CC1. The quantitative estimate of drug-likeness (QED) is 0.568. The van der Waals surface area contributed by atoms with E-state index in [0.717, 1.165) is 24.7 Å². The van der Waals surface area contributed by atoms with E-state index in [-0.39, 0.29) is 0 Å². The van der Waals surface area contributed by atoms with Gasteiger partial charge in [-0.05, 0) is 62.1 Å². The van der Waals surface area contributed by atoms with Gasteiger partial charge in [0, 0.05) is 11.9 Å². The molecule has 1 heteroatoms. The highest BCUT2D eigenvalue weighted by molar-refractivity contribution is 5.54. The fraction of sp³-hybridized carbons (Fsp3) is 0.636. The lowest BCUT2D eigenvalue weighted by Crippen LogP contribution is -2.04. The number of aromatic nitrogens is 1. The van der Waals surface area contributed by atoms with E-state index < -0.39 is 0 Å². The molecule has 2 atom stereocenters. The molecule has 1 aromatic rings. The maximum absolute atomic E-state index is 4.17. The molecule has 1 aliphatic rings. The lowest BCUT2D eigenvalue weighted by Gasteiger charge is -2.18. The van der Waals surface area contributed by atoms with Crippen molar-refractivity contribution in [3.63, 3.8) is 0 Å². The number of hydrogen-bond acceptors (Lipinski definition) is 0. The summed E-state index contributed by atoms with van der Waals surface area (Å²) < 4.78 is 0. The molecular weight excluding hydrogens is 278 g/mol. The van der Waals surface area contributed by atoms with Crippen LogP contribution in [0.1, 0.15) is 83.4 Å². The first-order chi connectivity index (χ1) is 11.1. The van der Waals surface area contributed by atoms with Crippen molar-refractivity contribution in [1.82, 2.24) is 4.98 Å². The molecule has 0 radical (unpaired) electrons. The molecule has 2 rings (SSSR count). The maximum atomic E-state index is 4.17. The van der Waals surface area contributed by atoms with Crippen molar-refractivity contribution in [2.45, 2.75) is 78.6 Å². The topological polar surface area (TPSA) is 15.8 Å². The monoisotopic (exact) mass is 313 g/mol. The number of nitrogens with one attached hydrogen (secondary N) is 1. The second kappa shape index (κ2) is 9.15. The van der Waals surface area contributed by atoms with Gasteiger partial charge in [-0.2, -0.15) is 0 Å². The van der Waals surface area contributed by atoms with Crippen LogP contribution >= 0.6 is 0 Å². The highest BCUT2D eigenvalue weighted by Gasteiger charge is 2.16. The van der Waals surface area contributed by atoms with E-state index in [1.807, 2.05) is 0 Å². The van der Waals surface area contributed by atoms with E-state index in [2.05, 4.69) is 50.7 Å². The van der Waals surface area contributed by atoms with Crippen LogP contribution in [0.3, 0.4) is 0 Å². The van der Waals surface area contributed by atoms with Crippen LogP contribution < -0.4 is 0 Å². The summed E-state index contributed by atoms with van der Waals surface area (Å²) in [6.45, 7) is 11.1. The van der Waals surface area contributed by atoms with Gasteiger partial charge in [0.25, 0.3) is 0 Å². The van der Waals surface area contributed by atoms with Crippen molar-refractivity contribution < 1.29 is 0 Å². The zero-order valence-electron chi connectivity index (χ0n) is 15.5. The van der Waals surface area contributed by atoms with Crippen molar-refractivity contribution >= 4 is 6.08 Å². The molecule has 0 amide bonds. The Labute approximate surface area is 143 Å². The van der Waals surface area contributed by atoms with Gasteiger partial charge in [-0.3, -0.25) is 0 Å². The minimum Gasteiger partial charge on any atom is -0.361 e. The minimum absolute atomic E-state index is 0.765. The summed E-state index contributed by atoms with van der Waals surface area (Å²) in [7, 11) is 0. The van der Waals surface area contributed by atoms with E-state index in [1.54, 1.807) is 5.57 Å². The molecule has 1 fully saturated rings. The first-order valence-electron chi connectivity index (χ1n) is 9.61. The number of hydrogen-bond donors (Lipinski definition) is 1. The fourth-order valence-electron chi connectivity index (χ4n) is 3.73. The van der Waals surface area contributed by atoms with Crippen LogP contribution in [0.15, 0.2) is 30.0 Å². The highest BCUT2D eigenvalue weighted by atomic mass is 14.7. The van der Waals surface area contributed by atoms with Crippen molar-refractivity contribution in [1.29, 1.82) is 0 Å². The summed E-state index contributed by atoms with van der Waals surface area (Å²) in [4.78, 5) is 3.44. The molecule has 1 aromatic heterocycles. The fourth-order valence-corrected chi connectivity index (χ4v) is 3.73. The van der Waals surface area contributed by atoms with E-state index in [9.17, 15) is 0 Å². The van der Waals surface area contributed by atoms with Crippen LogP contribution in [0.5, 0.6) is 0 Å². The summed E-state index contributed by atoms with van der Waals surface area (Å²) in [5.74, 6) is 1.67. The van der Waals surface area contributed by atoms with Gasteiger partial charge in [-0.15, -0.1) is 0 Å². The highest BCUT2D eigenvalue weighted by Crippen LogP contribution is 2.31. The Morgan fingerprint density at radius 3 is 2.78 bits per heavy atom. The molecule has 1 saturated carbocycles. The normalized spacial score (nSPS) is 23.9. The largest absolute Gasteiger partial charge is 0.361 e. The minimum atomic E-state index is 0.765. The first kappa shape index (κ1) is 18.1. The second-order valence-electron chi connectivity index (χ2n) is 7.60. The van der Waals surface area contributed by atoms with E-state index in [4.69, 9.17) is 0 Å². The van der Waals surface area contributed by atoms with E-state index >= 15 is 0 Å². The molecule has 1 N–H and O–H groups in total. The molecule has 23 heavy (non-hydrogen) atoms.